The normalized spacial score (nSPS) is 12.6. The summed E-state index contributed by atoms with van der Waals surface area (Å²) in [6.45, 7) is 6.56. The van der Waals surface area contributed by atoms with E-state index in [4.69, 9.17) is 14.2 Å². The van der Waals surface area contributed by atoms with E-state index in [1.807, 2.05) is 0 Å². The quantitative estimate of drug-likeness (QED) is 0.0261. The van der Waals surface area contributed by atoms with Crippen LogP contribution in [0.2, 0.25) is 0 Å². The average Bonchev–Trinajstić information content (AvgIpc) is 3.45. The summed E-state index contributed by atoms with van der Waals surface area (Å²) in [7, 11) is 0. The molecular formula is C73H128O6. The lowest BCUT2D eigenvalue weighted by molar-refractivity contribution is -0.167. The zero-order chi connectivity index (χ0) is 57.1. The monoisotopic (exact) mass is 1100 g/mol. The fourth-order valence-corrected chi connectivity index (χ4v) is 9.80. The first-order valence-electron chi connectivity index (χ1n) is 34.1. The third-order valence-corrected chi connectivity index (χ3v) is 14.9. The second-order valence-electron chi connectivity index (χ2n) is 22.7. The number of ether oxygens (including phenoxy) is 3. The van der Waals surface area contributed by atoms with Crippen molar-refractivity contribution in [2.24, 2.45) is 0 Å². The number of unbranched alkanes of at least 4 members (excludes halogenated alkanes) is 37. The van der Waals surface area contributed by atoms with Crippen LogP contribution >= 0.6 is 0 Å². The van der Waals surface area contributed by atoms with Crippen molar-refractivity contribution in [1.82, 2.24) is 0 Å². The maximum absolute atomic E-state index is 12.9. The number of allylic oxidation sites excluding steroid dienone is 14. The summed E-state index contributed by atoms with van der Waals surface area (Å²) < 4.78 is 17.0. The summed E-state index contributed by atoms with van der Waals surface area (Å²) >= 11 is 0. The first-order valence-corrected chi connectivity index (χ1v) is 34.1. The van der Waals surface area contributed by atoms with Crippen LogP contribution in [0.3, 0.4) is 0 Å². The van der Waals surface area contributed by atoms with E-state index in [9.17, 15) is 14.4 Å². The molecule has 0 saturated heterocycles. The molecule has 1 atom stereocenters. The Morgan fingerprint density at radius 2 is 0.494 bits per heavy atom. The van der Waals surface area contributed by atoms with E-state index in [1.165, 1.54) is 205 Å². The molecule has 456 valence electrons. The predicted octanol–water partition coefficient (Wildman–Crippen LogP) is 23.4. The van der Waals surface area contributed by atoms with Crippen molar-refractivity contribution in [2.45, 2.75) is 348 Å². The van der Waals surface area contributed by atoms with Gasteiger partial charge < -0.3 is 14.2 Å². The number of hydrogen-bond donors (Lipinski definition) is 0. The standard InChI is InChI=1S/C73H128O6/c1-4-7-10-13-16-19-22-25-27-29-31-32-33-34-35-36-37-38-39-40-42-43-45-48-51-54-57-60-63-66-72(75)78-69-70(68-77-71(74)65-62-59-56-53-50-47-24-21-18-15-12-9-6-3)79-73(76)67-64-61-58-55-52-49-46-44-41-30-28-26-23-20-17-14-11-8-5-2/h7,10,16,19,25-28,31-32,34-35,37-38,70H,4-6,8-9,11-15,17-18,20-24,29-30,33,36,39-69H2,1-3H3/b10-7-,19-16-,27-25-,28-26-,32-31-,35-34-,38-37-. The summed E-state index contributed by atoms with van der Waals surface area (Å²) in [6.07, 6.45) is 88.8. The second kappa shape index (κ2) is 67.1. The zero-order valence-corrected chi connectivity index (χ0v) is 52.4. The molecule has 6 nitrogen and oxygen atoms in total. The highest BCUT2D eigenvalue weighted by Crippen LogP contribution is 2.17. The fraction of sp³-hybridized carbons (Fsp3) is 0.767. The van der Waals surface area contributed by atoms with E-state index >= 15 is 0 Å². The molecule has 0 heterocycles. The highest BCUT2D eigenvalue weighted by molar-refractivity contribution is 5.71. The molecule has 0 aliphatic heterocycles. The van der Waals surface area contributed by atoms with Gasteiger partial charge in [0.05, 0.1) is 0 Å². The van der Waals surface area contributed by atoms with Crippen LogP contribution in [0.1, 0.15) is 342 Å². The molecular weight excluding hydrogens is 973 g/mol. The fourth-order valence-electron chi connectivity index (χ4n) is 9.80. The third kappa shape index (κ3) is 65.3. The van der Waals surface area contributed by atoms with Crippen LogP contribution in [0.15, 0.2) is 85.1 Å². The Morgan fingerprint density at radius 3 is 0.785 bits per heavy atom. The smallest absolute Gasteiger partial charge is 0.306 e. The van der Waals surface area contributed by atoms with E-state index in [0.717, 1.165) is 96.3 Å². The zero-order valence-electron chi connectivity index (χ0n) is 52.4. The molecule has 0 N–H and O–H groups in total. The first kappa shape index (κ1) is 75.6. The molecule has 0 rings (SSSR count). The van der Waals surface area contributed by atoms with Gasteiger partial charge in [-0.15, -0.1) is 0 Å². The van der Waals surface area contributed by atoms with Crippen molar-refractivity contribution in [1.29, 1.82) is 0 Å². The van der Waals surface area contributed by atoms with Crippen molar-refractivity contribution >= 4 is 17.9 Å². The van der Waals surface area contributed by atoms with Gasteiger partial charge in [0.1, 0.15) is 13.2 Å². The van der Waals surface area contributed by atoms with E-state index in [-0.39, 0.29) is 31.1 Å². The molecule has 79 heavy (non-hydrogen) atoms. The lowest BCUT2D eigenvalue weighted by Gasteiger charge is -2.18. The Balaban J connectivity index is 4.27. The highest BCUT2D eigenvalue weighted by Gasteiger charge is 2.19. The van der Waals surface area contributed by atoms with Crippen LogP contribution in [-0.2, 0) is 28.6 Å². The Kier molecular flexibility index (Phi) is 64.2. The Hall–Kier alpha value is -3.41. The van der Waals surface area contributed by atoms with Gasteiger partial charge in [0.25, 0.3) is 0 Å². The number of rotatable bonds is 62. The van der Waals surface area contributed by atoms with E-state index in [1.54, 1.807) is 0 Å². The third-order valence-electron chi connectivity index (χ3n) is 14.9. The topological polar surface area (TPSA) is 78.9 Å². The van der Waals surface area contributed by atoms with E-state index < -0.39 is 6.10 Å². The first-order chi connectivity index (χ1) is 39.0. The van der Waals surface area contributed by atoms with Gasteiger partial charge in [-0.2, -0.15) is 0 Å². The minimum Gasteiger partial charge on any atom is -0.462 e. The van der Waals surface area contributed by atoms with Crippen LogP contribution in [-0.4, -0.2) is 37.2 Å². The summed E-state index contributed by atoms with van der Waals surface area (Å²) in [6, 6.07) is 0. The van der Waals surface area contributed by atoms with Crippen molar-refractivity contribution in [2.75, 3.05) is 13.2 Å². The lowest BCUT2D eigenvalue weighted by atomic mass is 10.0. The summed E-state index contributed by atoms with van der Waals surface area (Å²) in [5.74, 6) is -0.863. The van der Waals surface area contributed by atoms with Crippen LogP contribution in [0.5, 0.6) is 0 Å². The van der Waals surface area contributed by atoms with Gasteiger partial charge in [-0.3, -0.25) is 14.4 Å². The maximum Gasteiger partial charge on any atom is 0.306 e. The number of esters is 3. The summed E-state index contributed by atoms with van der Waals surface area (Å²) in [4.78, 5) is 38.4. The molecule has 0 fully saturated rings. The molecule has 0 saturated carbocycles. The molecule has 0 spiro atoms. The van der Waals surface area contributed by atoms with Crippen LogP contribution in [0.4, 0.5) is 0 Å². The number of carbonyl (C=O) groups excluding carboxylic acids is 3. The minimum absolute atomic E-state index is 0.0742. The lowest BCUT2D eigenvalue weighted by Crippen LogP contribution is -2.30. The van der Waals surface area contributed by atoms with Crippen LogP contribution in [0, 0.1) is 0 Å². The highest BCUT2D eigenvalue weighted by atomic mass is 16.6. The van der Waals surface area contributed by atoms with Gasteiger partial charge in [-0.25, -0.2) is 0 Å². The van der Waals surface area contributed by atoms with Crippen molar-refractivity contribution in [3.05, 3.63) is 85.1 Å². The molecule has 0 aliphatic rings. The van der Waals surface area contributed by atoms with Gasteiger partial charge in [0.15, 0.2) is 6.10 Å². The van der Waals surface area contributed by atoms with E-state index in [2.05, 4.69) is 106 Å². The maximum atomic E-state index is 12.9. The number of hydrogen-bond acceptors (Lipinski definition) is 6. The SMILES string of the molecule is CC/C=C\C/C=C\C/C=C\C/C=C\C/C=C\C/C=C\CCCCCCCCCCCCC(=O)OCC(COC(=O)CCCCCCCCCCCCCCC)OC(=O)CCCCCCCCCCC/C=C\CCCCCCCC. The van der Waals surface area contributed by atoms with Crippen molar-refractivity contribution < 1.29 is 28.6 Å². The van der Waals surface area contributed by atoms with Gasteiger partial charge in [-0.1, -0.05) is 311 Å². The molecule has 0 amide bonds. The van der Waals surface area contributed by atoms with Gasteiger partial charge in [0.2, 0.25) is 0 Å². The van der Waals surface area contributed by atoms with E-state index in [0.29, 0.717) is 19.3 Å². The predicted molar refractivity (Wildman–Crippen MR) is 344 cm³/mol. The Bertz CT molecular complexity index is 1500. The van der Waals surface area contributed by atoms with Gasteiger partial charge in [0, 0.05) is 19.3 Å². The molecule has 0 radical (unpaired) electrons. The molecule has 1 unspecified atom stereocenters. The Labute approximate surface area is 490 Å². The second-order valence-corrected chi connectivity index (χ2v) is 22.7. The van der Waals surface area contributed by atoms with Crippen LogP contribution < -0.4 is 0 Å². The minimum atomic E-state index is -0.778. The molecule has 0 aromatic heterocycles. The molecule has 0 aromatic carbocycles. The molecule has 0 bridgehead atoms. The summed E-state index contributed by atoms with van der Waals surface area (Å²) in [5.41, 5.74) is 0. The largest absolute Gasteiger partial charge is 0.462 e. The van der Waals surface area contributed by atoms with Gasteiger partial charge >= 0.3 is 17.9 Å². The summed E-state index contributed by atoms with van der Waals surface area (Å²) in [5, 5.41) is 0. The molecule has 6 heteroatoms. The van der Waals surface area contributed by atoms with Gasteiger partial charge in [-0.05, 0) is 96.3 Å². The molecule has 0 aliphatic carbocycles. The van der Waals surface area contributed by atoms with Crippen molar-refractivity contribution in [3.63, 3.8) is 0 Å². The Morgan fingerprint density at radius 1 is 0.266 bits per heavy atom. The molecule has 0 aromatic rings. The van der Waals surface area contributed by atoms with Crippen molar-refractivity contribution in [3.8, 4) is 0 Å². The number of carbonyl (C=O) groups is 3. The van der Waals surface area contributed by atoms with Crippen LogP contribution in [0.25, 0.3) is 0 Å². The average molecular weight is 1100 g/mol.